The summed E-state index contributed by atoms with van der Waals surface area (Å²) in [7, 11) is 0. The minimum Gasteiger partial charge on any atom is -0.466 e. The zero-order valence-corrected chi connectivity index (χ0v) is 16.2. The number of amides is 2. The van der Waals surface area contributed by atoms with Gasteiger partial charge < -0.3 is 15.4 Å². The minimum atomic E-state index is -0.248. The van der Waals surface area contributed by atoms with Gasteiger partial charge in [0.2, 0.25) is 0 Å². The summed E-state index contributed by atoms with van der Waals surface area (Å²) in [6.45, 7) is 4.89. The van der Waals surface area contributed by atoms with Crippen LogP contribution in [0.25, 0.3) is 0 Å². The largest absolute Gasteiger partial charge is 0.466 e. The average Bonchev–Trinajstić information content (AvgIpc) is 3.11. The molecule has 2 N–H and O–H groups in total. The third kappa shape index (κ3) is 6.09. The highest BCUT2D eigenvalue weighted by atomic mass is 16.5. The Kier molecular flexibility index (Phi) is 7.03. The van der Waals surface area contributed by atoms with Crippen molar-refractivity contribution in [1.29, 1.82) is 0 Å². The fourth-order valence-electron chi connectivity index (χ4n) is 3.37. The molecule has 1 saturated heterocycles. The Morgan fingerprint density at radius 1 is 1.07 bits per heavy atom. The van der Waals surface area contributed by atoms with Gasteiger partial charge in [-0.2, -0.15) is 0 Å². The van der Waals surface area contributed by atoms with E-state index in [4.69, 9.17) is 4.74 Å². The van der Waals surface area contributed by atoms with Crippen LogP contribution in [0.1, 0.15) is 24.5 Å². The number of nitrogens with zero attached hydrogens (tertiary/aromatic N) is 1. The number of ether oxygens (including phenoxy) is 1. The van der Waals surface area contributed by atoms with Crippen LogP contribution >= 0.6 is 0 Å². The molecule has 1 heterocycles. The number of hydrogen-bond donors (Lipinski definition) is 2. The Bertz CT molecular complexity index is 777. The maximum absolute atomic E-state index is 12.3. The van der Waals surface area contributed by atoms with E-state index >= 15 is 0 Å². The third-order valence-corrected chi connectivity index (χ3v) is 4.72. The van der Waals surface area contributed by atoms with Crippen molar-refractivity contribution in [2.75, 3.05) is 25.0 Å². The molecule has 6 nitrogen and oxygen atoms in total. The molecule has 0 aliphatic carbocycles. The minimum absolute atomic E-state index is 0.145. The topological polar surface area (TPSA) is 70.7 Å². The molecule has 28 heavy (non-hydrogen) atoms. The molecule has 1 atom stereocenters. The zero-order valence-electron chi connectivity index (χ0n) is 16.2. The summed E-state index contributed by atoms with van der Waals surface area (Å²) in [6, 6.07) is 17.5. The smallest absolute Gasteiger partial charge is 0.319 e. The summed E-state index contributed by atoms with van der Waals surface area (Å²) in [5.41, 5.74) is 2.84. The van der Waals surface area contributed by atoms with Crippen molar-refractivity contribution in [3.05, 3.63) is 65.7 Å². The molecule has 0 radical (unpaired) electrons. The molecule has 1 aliphatic rings. The fourth-order valence-corrected chi connectivity index (χ4v) is 3.37. The number of hydrogen-bond acceptors (Lipinski definition) is 4. The van der Waals surface area contributed by atoms with Gasteiger partial charge in [-0.1, -0.05) is 42.5 Å². The van der Waals surface area contributed by atoms with E-state index < -0.39 is 0 Å². The van der Waals surface area contributed by atoms with Gasteiger partial charge in [-0.3, -0.25) is 9.69 Å². The first-order chi connectivity index (χ1) is 13.6. The van der Waals surface area contributed by atoms with Crippen LogP contribution in [0.3, 0.4) is 0 Å². The maximum Gasteiger partial charge on any atom is 0.319 e. The van der Waals surface area contributed by atoms with E-state index in [1.165, 1.54) is 5.56 Å². The van der Waals surface area contributed by atoms with Gasteiger partial charge in [0.1, 0.15) is 0 Å². The molecule has 0 aromatic heterocycles. The van der Waals surface area contributed by atoms with Crippen molar-refractivity contribution in [1.82, 2.24) is 10.2 Å². The number of carbonyl (C=O) groups excluding carboxylic acids is 2. The number of benzene rings is 2. The van der Waals surface area contributed by atoms with Crippen LogP contribution in [-0.2, 0) is 22.5 Å². The zero-order chi connectivity index (χ0) is 19.8. The molecule has 0 spiro atoms. The lowest BCUT2D eigenvalue weighted by molar-refractivity contribution is -0.142. The molecule has 2 aromatic carbocycles. The van der Waals surface area contributed by atoms with Crippen molar-refractivity contribution in [2.24, 2.45) is 0 Å². The van der Waals surface area contributed by atoms with Gasteiger partial charge in [-0.15, -0.1) is 0 Å². The molecule has 0 saturated carbocycles. The second-order valence-electron chi connectivity index (χ2n) is 6.98. The van der Waals surface area contributed by atoms with Crippen LogP contribution in [0.4, 0.5) is 10.5 Å². The van der Waals surface area contributed by atoms with Crippen molar-refractivity contribution < 1.29 is 14.3 Å². The highest BCUT2D eigenvalue weighted by Gasteiger charge is 2.23. The highest BCUT2D eigenvalue weighted by molar-refractivity contribution is 5.89. The molecule has 1 fully saturated rings. The molecule has 0 bridgehead atoms. The number of rotatable bonds is 7. The van der Waals surface area contributed by atoms with Gasteiger partial charge in [0, 0.05) is 31.4 Å². The number of carbonyl (C=O) groups is 2. The predicted octanol–water partition coefficient (Wildman–Crippen LogP) is 3.19. The fraction of sp³-hybridized carbons (Fsp3) is 0.364. The van der Waals surface area contributed by atoms with Crippen LogP contribution in [0.2, 0.25) is 0 Å². The first kappa shape index (κ1) is 19.9. The SMILES string of the molecule is CCOC(=O)Cc1ccc(NC(=O)N[C@@H]2CCN(Cc3ccccc3)C2)cc1. The van der Waals surface area contributed by atoms with Crippen molar-refractivity contribution in [2.45, 2.75) is 32.4 Å². The van der Waals surface area contributed by atoms with Gasteiger partial charge in [-0.05, 0) is 36.6 Å². The van der Waals surface area contributed by atoms with Crippen LogP contribution < -0.4 is 10.6 Å². The highest BCUT2D eigenvalue weighted by Crippen LogP contribution is 2.14. The van der Waals surface area contributed by atoms with Gasteiger partial charge in [0.05, 0.1) is 13.0 Å². The second kappa shape index (κ2) is 9.90. The lowest BCUT2D eigenvalue weighted by Crippen LogP contribution is -2.39. The number of urea groups is 1. The number of anilines is 1. The molecule has 148 valence electrons. The molecular formula is C22H27N3O3. The first-order valence-electron chi connectivity index (χ1n) is 9.70. The molecule has 0 unspecified atom stereocenters. The monoisotopic (exact) mass is 381 g/mol. The van der Waals surface area contributed by atoms with Gasteiger partial charge in [0.15, 0.2) is 0 Å². The Morgan fingerprint density at radius 2 is 1.82 bits per heavy atom. The van der Waals surface area contributed by atoms with Crippen molar-refractivity contribution >= 4 is 17.7 Å². The summed E-state index contributed by atoms with van der Waals surface area (Å²) < 4.78 is 4.94. The predicted molar refractivity (Wildman–Crippen MR) is 109 cm³/mol. The van der Waals surface area contributed by atoms with Gasteiger partial charge in [-0.25, -0.2) is 4.79 Å². The molecule has 2 amide bonds. The molecule has 6 heteroatoms. The summed E-state index contributed by atoms with van der Waals surface area (Å²) in [5, 5.41) is 5.90. The standard InChI is InChI=1S/C22H27N3O3/c1-2-28-21(26)14-17-8-10-19(11-9-17)23-22(27)24-20-12-13-25(16-20)15-18-6-4-3-5-7-18/h3-11,20H,2,12-16H2,1H3,(H2,23,24,27)/t20-/m1/s1. The van der Waals surface area contributed by atoms with Crippen LogP contribution in [-0.4, -0.2) is 42.6 Å². The number of likely N-dealkylation sites (tertiary alicyclic amines) is 1. The van der Waals surface area contributed by atoms with Crippen LogP contribution in [0.15, 0.2) is 54.6 Å². The number of esters is 1. The summed E-state index contributed by atoms with van der Waals surface area (Å²) >= 11 is 0. The Morgan fingerprint density at radius 3 is 2.54 bits per heavy atom. The lowest BCUT2D eigenvalue weighted by atomic mass is 10.1. The first-order valence-corrected chi connectivity index (χ1v) is 9.70. The Balaban J connectivity index is 1.42. The molecular weight excluding hydrogens is 354 g/mol. The van der Waals surface area contributed by atoms with Crippen LogP contribution in [0.5, 0.6) is 0 Å². The van der Waals surface area contributed by atoms with E-state index in [-0.39, 0.29) is 24.5 Å². The van der Waals surface area contributed by atoms with Gasteiger partial charge in [0.25, 0.3) is 0 Å². The molecule has 1 aliphatic heterocycles. The molecule has 2 aromatic rings. The number of nitrogens with one attached hydrogen (secondary N) is 2. The maximum atomic E-state index is 12.3. The van der Waals surface area contributed by atoms with E-state index in [0.29, 0.717) is 12.3 Å². The van der Waals surface area contributed by atoms with E-state index in [0.717, 1.165) is 31.6 Å². The summed E-state index contributed by atoms with van der Waals surface area (Å²) in [5.74, 6) is -0.248. The Hall–Kier alpha value is -2.86. The molecule has 3 rings (SSSR count). The van der Waals surface area contributed by atoms with E-state index in [1.807, 2.05) is 30.3 Å². The average molecular weight is 381 g/mol. The summed E-state index contributed by atoms with van der Waals surface area (Å²) in [6.07, 6.45) is 1.18. The second-order valence-corrected chi connectivity index (χ2v) is 6.98. The van der Waals surface area contributed by atoms with Crippen LogP contribution in [0, 0.1) is 0 Å². The van der Waals surface area contributed by atoms with Gasteiger partial charge >= 0.3 is 12.0 Å². The van der Waals surface area contributed by atoms with Crippen molar-refractivity contribution in [3.63, 3.8) is 0 Å². The van der Waals surface area contributed by atoms with E-state index in [1.54, 1.807) is 19.1 Å². The van der Waals surface area contributed by atoms with E-state index in [2.05, 4.69) is 27.7 Å². The lowest BCUT2D eigenvalue weighted by Gasteiger charge is -2.17. The van der Waals surface area contributed by atoms with Crippen molar-refractivity contribution in [3.8, 4) is 0 Å². The third-order valence-electron chi connectivity index (χ3n) is 4.72. The summed E-state index contributed by atoms with van der Waals surface area (Å²) in [4.78, 5) is 26.1. The normalized spacial score (nSPS) is 16.5. The quantitative estimate of drug-likeness (QED) is 0.723. The Labute approximate surface area is 165 Å². The van der Waals surface area contributed by atoms with E-state index in [9.17, 15) is 9.59 Å².